The first-order chi connectivity index (χ1) is 8.79. The summed E-state index contributed by atoms with van der Waals surface area (Å²) >= 11 is 0. The number of nitrogens with one attached hydrogen (secondary N) is 1. The fourth-order valence-electron chi connectivity index (χ4n) is 2.76. The second kappa shape index (κ2) is 6.72. The number of rotatable bonds is 3. The molecule has 0 spiro atoms. The first-order valence-corrected chi connectivity index (χ1v) is 7.39. The van der Waals surface area contributed by atoms with Crippen LogP contribution in [0.1, 0.15) is 69.3 Å². The predicted molar refractivity (Wildman–Crippen MR) is 76.0 cm³/mol. The number of nitrogens with zero attached hydrogens (tertiary/aromatic N) is 2. The molecule has 18 heavy (non-hydrogen) atoms. The first kappa shape index (κ1) is 13.3. The van der Waals surface area contributed by atoms with Gasteiger partial charge in [-0.1, -0.05) is 32.1 Å². The van der Waals surface area contributed by atoms with Gasteiger partial charge in [0.25, 0.3) is 0 Å². The maximum Gasteiger partial charge on any atom is 0.134 e. The van der Waals surface area contributed by atoms with E-state index in [4.69, 9.17) is 4.98 Å². The molecule has 0 radical (unpaired) electrons. The number of hydrogen-bond donors (Lipinski definition) is 1. The van der Waals surface area contributed by atoms with Gasteiger partial charge in [0.2, 0.25) is 0 Å². The molecular weight excluding hydrogens is 222 g/mol. The van der Waals surface area contributed by atoms with Crippen molar-refractivity contribution >= 4 is 5.82 Å². The normalized spacial score (nSPS) is 18.1. The van der Waals surface area contributed by atoms with Crippen molar-refractivity contribution < 1.29 is 0 Å². The van der Waals surface area contributed by atoms with E-state index in [1.54, 1.807) is 0 Å². The summed E-state index contributed by atoms with van der Waals surface area (Å²) in [4.78, 5) is 9.36. The molecule has 3 nitrogen and oxygen atoms in total. The summed E-state index contributed by atoms with van der Waals surface area (Å²) in [5.74, 6) is 2.62. The van der Waals surface area contributed by atoms with Crippen molar-refractivity contribution in [3.8, 4) is 0 Å². The fourth-order valence-corrected chi connectivity index (χ4v) is 2.76. The summed E-state index contributed by atoms with van der Waals surface area (Å²) in [6, 6.07) is 2.04. The van der Waals surface area contributed by atoms with Gasteiger partial charge in [0.15, 0.2) is 0 Å². The molecule has 1 fully saturated rings. The van der Waals surface area contributed by atoms with Gasteiger partial charge in [0, 0.05) is 24.2 Å². The number of anilines is 1. The molecule has 1 heterocycles. The number of aryl methyl sites for hydroxylation is 1. The molecule has 1 N–H and O–H groups in total. The van der Waals surface area contributed by atoms with Gasteiger partial charge in [0.1, 0.15) is 11.6 Å². The Balaban J connectivity index is 2.14. The van der Waals surface area contributed by atoms with Gasteiger partial charge in [-0.25, -0.2) is 9.97 Å². The summed E-state index contributed by atoms with van der Waals surface area (Å²) in [7, 11) is 0. The fraction of sp³-hybridized carbons (Fsp3) is 0.733. The second-order valence-electron chi connectivity index (χ2n) is 5.33. The van der Waals surface area contributed by atoms with Crippen LogP contribution < -0.4 is 5.32 Å². The Labute approximate surface area is 110 Å². The summed E-state index contributed by atoms with van der Waals surface area (Å²) in [6.45, 7) is 5.09. The van der Waals surface area contributed by atoms with Crippen molar-refractivity contribution in [1.29, 1.82) is 0 Å². The van der Waals surface area contributed by atoms with Gasteiger partial charge in [-0.15, -0.1) is 0 Å². The highest BCUT2D eigenvalue weighted by Gasteiger charge is 2.17. The van der Waals surface area contributed by atoms with Crippen LogP contribution in [0.2, 0.25) is 0 Å². The standard InChI is InChI=1S/C15H25N3/c1-3-16-14-11-12(2)17-15(18-14)13-9-7-5-4-6-8-10-13/h11,13H,3-10H2,1-2H3,(H,16,17,18). The third kappa shape index (κ3) is 3.69. The van der Waals surface area contributed by atoms with E-state index in [-0.39, 0.29) is 0 Å². The average Bonchev–Trinajstić information content (AvgIpc) is 2.27. The van der Waals surface area contributed by atoms with Crippen LogP contribution in [0.4, 0.5) is 5.82 Å². The van der Waals surface area contributed by atoms with E-state index < -0.39 is 0 Å². The van der Waals surface area contributed by atoms with Crippen LogP contribution >= 0.6 is 0 Å². The lowest BCUT2D eigenvalue weighted by molar-refractivity contribution is 0.442. The van der Waals surface area contributed by atoms with E-state index >= 15 is 0 Å². The van der Waals surface area contributed by atoms with Crippen molar-refractivity contribution in [2.45, 2.75) is 64.7 Å². The van der Waals surface area contributed by atoms with Gasteiger partial charge < -0.3 is 5.32 Å². The molecule has 1 aromatic rings. The van der Waals surface area contributed by atoms with Gasteiger partial charge in [0.05, 0.1) is 0 Å². The lowest BCUT2D eigenvalue weighted by atomic mass is 9.90. The predicted octanol–water partition coefficient (Wildman–Crippen LogP) is 4.04. The molecule has 1 saturated carbocycles. The highest BCUT2D eigenvalue weighted by atomic mass is 15.0. The van der Waals surface area contributed by atoms with Gasteiger partial charge >= 0.3 is 0 Å². The minimum atomic E-state index is 0.572. The van der Waals surface area contributed by atoms with Crippen molar-refractivity contribution in [3.05, 3.63) is 17.6 Å². The molecule has 1 aliphatic carbocycles. The molecule has 0 bridgehead atoms. The van der Waals surface area contributed by atoms with E-state index in [2.05, 4.69) is 24.1 Å². The zero-order chi connectivity index (χ0) is 12.8. The largest absolute Gasteiger partial charge is 0.370 e. The summed E-state index contributed by atoms with van der Waals surface area (Å²) in [6.07, 6.45) is 9.34. The van der Waals surface area contributed by atoms with Crippen molar-refractivity contribution in [1.82, 2.24) is 9.97 Å². The molecule has 100 valence electrons. The van der Waals surface area contributed by atoms with Crippen molar-refractivity contribution in [2.24, 2.45) is 0 Å². The first-order valence-electron chi connectivity index (χ1n) is 7.39. The molecule has 0 amide bonds. The maximum atomic E-state index is 4.70. The van der Waals surface area contributed by atoms with Crippen LogP contribution in [0, 0.1) is 6.92 Å². The van der Waals surface area contributed by atoms with Crippen LogP contribution in [-0.2, 0) is 0 Å². The second-order valence-corrected chi connectivity index (χ2v) is 5.33. The van der Waals surface area contributed by atoms with E-state index in [1.165, 1.54) is 44.9 Å². The minimum Gasteiger partial charge on any atom is -0.370 e. The molecular formula is C15H25N3. The molecule has 0 aliphatic heterocycles. The van der Waals surface area contributed by atoms with E-state index in [9.17, 15) is 0 Å². The van der Waals surface area contributed by atoms with Crippen LogP contribution in [0.5, 0.6) is 0 Å². The highest BCUT2D eigenvalue weighted by molar-refractivity contribution is 5.36. The van der Waals surface area contributed by atoms with Crippen LogP contribution in [-0.4, -0.2) is 16.5 Å². The Morgan fingerprint density at radius 3 is 2.44 bits per heavy atom. The quantitative estimate of drug-likeness (QED) is 0.875. The number of hydrogen-bond acceptors (Lipinski definition) is 3. The monoisotopic (exact) mass is 247 g/mol. The Hall–Kier alpha value is -1.12. The van der Waals surface area contributed by atoms with Gasteiger partial charge in [-0.2, -0.15) is 0 Å². The minimum absolute atomic E-state index is 0.572. The molecule has 0 unspecified atom stereocenters. The van der Waals surface area contributed by atoms with Gasteiger partial charge in [-0.05, 0) is 26.7 Å². The van der Waals surface area contributed by atoms with Crippen molar-refractivity contribution in [3.63, 3.8) is 0 Å². The lowest BCUT2D eigenvalue weighted by Gasteiger charge is -2.19. The Bertz CT molecular complexity index is 368. The molecule has 1 aliphatic rings. The smallest absolute Gasteiger partial charge is 0.134 e. The van der Waals surface area contributed by atoms with Crippen LogP contribution in [0.25, 0.3) is 0 Å². The molecule has 3 heteroatoms. The maximum absolute atomic E-state index is 4.70. The van der Waals surface area contributed by atoms with E-state index in [0.717, 1.165) is 23.9 Å². The summed E-state index contributed by atoms with van der Waals surface area (Å²) in [5.41, 5.74) is 1.08. The molecule has 1 aromatic heterocycles. The van der Waals surface area contributed by atoms with E-state index in [0.29, 0.717) is 5.92 Å². The SMILES string of the molecule is CCNc1cc(C)nc(C2CCCCCCC2)n1. The zero-order valence-electron chi connectivity index (χ0n) is 11.7. The third-order valence-electron chi connectivity index (χ3n) is 3.70. The Morgan fingerprint density at radius 1 is 1.11 bits per heavy atom. The topological polar surface area (TPSA) is 37.8 Å². The summed E-state index contributed by atoms with van der Waals surface area (Å²) < 4.78 is 0. The molecule has 0 atom stereocenters. The van der Waals surface area contributed by atoms with Crippen LogP contribution in [0.15, 0.2) is 6.07 Å². The Morgan fingerprint density at radius 2 is 1.78 bits per heavy atom. The summed E-state index contributed by atoms with van der Waals surface area (Å²) in [5, 5.41) is 3.30. The molecule has 0 aromatic carbocycles. The van der Waals surface area contributed by atoms with Crippen molar-refractivity contribution in [2.75, 3.05) is 11.9 Å². The molecule has 0 saturated heterocycles. The van der Waals surface area contributed by atoms with Crippen LogP contribution in [0.3, 0.4) is 0 Å². The average molecular weight is 247 g/mol. The third-order valence-corrected chi connectivity index (χ3v) is 3.70. The lowest BCUT2D eigenvalue weighted by Crippen LogP contribution is -2.10. The van der Waals surface area contributed by atoms with E-state index in [1.807, 2.05) is 6.07 Å². The number of aromatic nitrogens is 2. The zero-order valence-corrected chi connectivity index (χ0v) is 11.7. The molecule has 2 rings (SSSR count). The highest BCUT2D eigenvalue weighted by Crippen LogP contribution is 2.29. The van der Waals surface area contributed by atoms with Gasteiger partial charge in [-0.3, -0.25) is 0 Å². The Kier molecular flexibility index (Phi) is 4.97.